The highest BCUT2D eigenvalue weighted by Gasteiger charge is 2.14. The summed E-state index contributed by atoms with van der Waals surface area (Å²) in [5.74, 6) is -0.134. The fraction of sp³-hybridized carbons (Fsp3) is 0.263. The minimum absolute atomic E-state index is 0.279. The number of ether oxygens (including phenoxy) is 1. The van der Waals surface area contributed by atoms with Gasteiger partial charge in [-0.2, -0.15) is 0 Å². The Morgan fingerprint density at radius 1 is 1.20 bits per heavy atom. The van der Waals surface area contributed by atoms with Crippen LogP contribution < -0.4 is 15.8 Å². The molecule has 130 valence electrons. The van der Waals surface area contributed by atoms with Gasteiger partial charge in [0.05, 0.1) is 17.7 Å². The van der Waals surface area contributed by atoms with Gasteiger partial charge in [-0.3, -0.25) is 9.36 Å². The fourth-order valence-corrected chi connectivity index (χ4v) is 2.71. The minimum atomic E-state index is -0.387. The van der Waals surface area contributed by atoms with Crippen molar-refractivity contribution in [3.05, 3.63) is 58.6 Å². The number of amides is 1. The summed E-state index contributed by atoms with van der Waals surface area (Å²) in [6.45, 7) is 4.94. The lowest BCUT2D eigenvalue weighted by atomic mass is 10.2. The van der Waals surface area contributed by atoms with Gasteiger partial charge in [0.1, 0.15) is 5.75 Å². The van der Waals surface area contributed by atoms with Gasteiger partial charge in [0.2, 0.25) is 0 Å². The molecule has 0 atom stereocenters. The smallest absolute Gasteiger partial charge is 0.419 e. The van der Waals surface area contributed by atoms with Crippen molar-refractivity contribution in [3.63, 3.8) is 0 Å². The van der Waals surface area contributed by atoms with E-state index in [1.807, 2.05) is 19.9 Å². The van der Waals surface area contributed by atoms with Gasteiger partial charge in [0.15, 0.2) is 5.58 Å². The highest BCUT2D eigenvalue weighted by Crippen LogP contribution is 2.22. The molecule has 3 rings (SSSR count). The van der Waals surface area contributed by atoms with Crippen LogP contribution in [0.25, 0.3) is 11.1 Å². The Kier molecular flexibility index (Phi) is 4.88. The normalized spacial score (nSPS) is 10.8. The van der Waals surface area contributed by atoms with E-state index in [-0.39, 0.29) is 11.7 Å². The maximum atomic E-state index is 12.5. The molecule has 1 amide bonds. The van der Waals surface area contributed by atoms with Crippen LogP contribution in [0.1, 0.15) is 30.6 Å². The second-order valence-corrected chi connectivity index (χ2v) is 5.59. The van der Waals surface area contributed by atoms with Gasteiger partial charge < -0.3 is 14.5 Å². The van der Waals surface area contributed by atoms with Crippen molar-refractivity contribution in [2.24, 2.45) is 0 Å². The Hall–Kier alpha value is -3.02. The SMILES string of the molecule is CCCn1c(=O)oc2cc(NC(=O)c3ccccc3OCC)ccc21. The standard InChI is InChI=1S/C19H20N2O4/c1-3-11-21-15-10-9-13(12-17(15)25-19(21)23)20-18(22)14-7-5-6-8-16(14)24-4-2/h5-10,12H,3-4,11H2,1-2H3,(H,20,22). The topological polar surface area (TPSA) is 73.5 Å². The van der Waals surface area contributed by atoms with E-state index in [2.05, 4.69) is 5.32 Å². The van der Waals surface area contributed by atoms with Gasteiger partial charge in [-0.15, -0.1) is 0 Å². The van der Waals surface area contributed by atoms with Crippen LogP contribution in [0.4, 0.5) is 5.69 Å². The maximum absolute atomic E-state index is 12.5. The fourth-order valence-electron chi connectivity index (χ4n) is 2.71. The van der Waals surface area contributed by atoms with Gasteiger partial charge in [0.25, 0.3) is 5.91 Å². The lowest BCUT2D eigenvalue weighted by Gasteiger charge is -2.10. The Bertz CT molecular complexity index is 955. The molecule has 1 heterocycles. The van der Waals surface area contributed by atoms with Crippen molar-refractivity contribution in [2.45, 2.75) is 26.8 Å². The molecule has 0 saturated carbocycles. The lowest BCUT2D eigenvalue weighted by molar-refractivity contribution is 0.102. The molecular weight excluding hydrogens is 320 g/mol. The Morgan fingerprint density at radius 2 is 2.00 bits per heavy atom. The predicted octanol–water partition coefficient (Wildman–Crippen LogP) is 3.66. The molecule has 1 N–H and O–H groups in total. The number of fused-ring (bicyclic) bond motifs is 1. The third-order valence-electron chi connectivity index (χ3n) is 3.80. The molecule has 0 bridgehead atoms. The molecule has 1 aromatic heterocycles. The molecule has 0 aliphatic heterocycles. The van der Waals surface area contributed by atoms with Crippen molar-refractivity contribution in [2.75, 3.05) is 11.9 Å². The van der Waals surface area contributed by atoms with E-state index in [1.54, 1.807) is 41.0 Å². The third-order valence-corrected chi connectivity index (χ3v) is 3.80. The van der Waals surface area contributed by atoms with Crippen LogP contribution in [0, 0.1) is 0 Å². The number of benzene rings is 2. The number of carbonyl (C=O) groups is 1. The van der Waals surface area contributed by atoms with E-state index in [0.29, 0.717) is 35.7 Å². The summed E-state index contributed by atoms with van der Waals surface area (Å²) >= 11 is 0. The first-order valence-electron chi connectivity index (χ1n) is 8.30. The Labute approximate surface area is 145 Å². The molecule has 0 aliphatic carbocycles. The Morgan fingerprint density at radius 3 is 2.76 bits per heavy atom. The van der Waals surface area contributed by atoms with E-state index in [1.165, 1.54) is 0 Å². The second-order valence-electron chi connectivity index (χ2n) is 5.59. The quantitative estimate of drug-likeness (QED) is 0.743. The molecule has 3 aromatic rings. The van der Waals surface area contributed by atoms with Crippen LogP contribution in [0.2, 0.25) is 0 Å². The zero-order valence-electron chi connectivity index (χ0n) is 14.2. The van der Waals surface area contributed by atoms with E-state index < -0.39 is 0 Å². The van der Waals surface area contributed by atoms with E-state index in [4.69, 9.17) is 9.15 Å². The second kappa shape index (κ2) is 7.25. The Balaban J connectivity index is 1.88. The summed E-state index contributed by atoms with van der Waals surface area (Å²) in [4.78, 5) is 24.4. The number of nitrogens with one attached hydrogen (secondary N) is 1. The van der Waals surface area contributed by atoms with Crippen molar-refractivity contribution >= 4 is 22.7 Å². The zero-order valence-corrected chi connectivity index (χ0v) is 14.2. The number of rotatable bonds is 6. The average molecular weight is 340 g/mol. The first-order valence-corrected chi connectivity index (χ1v) is 8.30. The van der Waals surface area contributed by atoms with Crippen LogP contribution >= 0.6 is 0 Å². The van der Waals surface area contributed by atoms with Crippen LogP contribution in [0.5, 0.6) is 5.75 Å². The van der Waals surface area contributed by atoms with Crippen LogP contribution in [-0.4, -0.2) is 17.1 Å². The molecule has 6 nitrogen and oxygen atoms in total. The summed E-state index contributed by atoms with van der Waals surface area (Å²) in [5.41, 5.74) is 2.18. The van der Waals surface area contributed by atoms with Gasteiger partial charge in [-0.1, -0.05) is 19.1 Å². The van der Waals surface area contributed by atoms with Crippen LogP contribution in [0.15, 0.2) is 51.7 Å². The number of nitrogens with zero attached hydrogens (tertiary/aromatic N) is 1. The number of oxazole rings is 1. The molecule has 0 aliphatic rings. The molecule has 0 radical (unpaired) electrons. The highest BCUT2D eigenvalue weighted by molar-refractivity contribution is 6.06. The number of aromatic nitrogens is 1. The number of hydrogen-bond acceptors (Lipinski definition) is 4. The van der Waals surface area contributed by atoms with Gasteiger partial charge in [-0.05, 0) is 37.6 Å². The molecule has 0 unspecified atom stereocenters. The maximum Gasteiger partial charge on any atom is 0.419 e. The van der Waals surface area contributed by atoms with E-state index in [0.717, 1.165) is 11.9 Å². The summed E-state index contributed by atoms with van der Waals surface area (Å²) in [7, 11) is 0. The first kappa shape index (κ1) is 16.8. The highest BCUT2D eigenvalue weighted by atomic mass is 16.5. The van der Waals surface area contributed by atoms with Gasteiger partial charge in [-0.25, -0.2) is 4.79 Å². The van der Waals surface area contributed by atoms with Crippen molar-refractivity contribution in [1.29, 1.82) is 0 Å². The predicted molar refractivity (Wildman–Crippen MR) is 96.3 cm³/mol. The first-order chi connectivity index (χ1) is 12.1. The van der Waals surface area contributed by atoms with Crippen molar-refractivity contribution in [3.8, 4) is 5.75 Å². The molecule has 25 heavy (non-hydrogen) atoms. The number of anilines is 1. The van der Waals surface area contributed by atoms with E-state index >= 15 is 0 Å². The molecule has 2 aromatic carbocycles. The molecule has 6 heteroatoms. The number of para-hydroxylation sites is 1. The molecule has 0 fully saturated rings. The van der Waals surface area contributed by atoms with Gasteiger partial charge >= 0.3 is 5.76 Å². The third kappa shape index (κ3) is 3.42. The lowest BCUT2D eigenvalue weighted by Crippen LogP contribution is -2.14. The summed E-state index contributed by atoms with van der Waals surface area (Å²) in [6, 6.07) is 12.3. The van der Waals surface area contributed by atoms with Crippen LogP contribution in [-0.2, 0) is 6.54 Å². The van der Waals surface area contributed by atoms with E-state index in [9.17, 15) is 9.59 Å². The molecular formula is C19H20N2O4. The minimum Gasteiger partial charge on any atom is -0.493 e. The number of carbonyl (C=O) groups excluding carboxylic acids is 1. The molecule has 0 spiro atoms. The van der Waals surface area contributed by atoms with Crippen molar-refractivity contribution < 1.29 is 13.9 Å². The monoisotopic (exact) mass is 340 g/mol. The largest absolute Gasteiger partial charge is 0.493 e. The summed E-state index contributed by atoms with van der Waals surface area (Å²) < 4.78 is 12.3. The number of aryl methyl sites for hydroxylation is 1. The van der Waals surface area contributed by atoms with Gasteiger partial charge in [0, 0.05) is 18.3 Å². The summed E-state index contributed by atoms with van der Waals surface area (Å²) in [5, 5.41) is 2.82. The summed E-state index contributed by atoms with van der Waals surface area (Å²) in [6.07, 6.45) is 0.835. The molecule has 0 saturated heterocycles. The zero-order chi connectivity index (χ0) is 17.8. The van der Waals surface area contributed by atoms with Crippen LogP contribution in [0.3, 0.4) is 0 Å². The average Bonchev–Trinajstić information content (AvgIpc) is 2.91. The van der Waals surface area contributed by atoms with Crippen molar-refractivity contribution in [1.82, 2.24) is 4.57 Å². The number of hydrogen-bond donors (Lipinski definition) is 1.